The molecular formula is C47H56O8S2. The molecule has 0 saturated heterocycles. The van der Waals surface area contributed by atoms with E-state index in [2.05, 4.69) is 6.92 Å². The molecule has 8 nitrogen and oxygen atoms in total. The van der Waals surface area contributed by atoms with Gasteiger partial charge in [-0.25, -0.2) is 9.59 Å². The molecule has 0 heterocycles. The van der Waals surface area contributed by atoms with Crippen molar-refractivity contribution in [3.63, 3.8) is 0 Å². The van der Waals surface area contributed by atoms with Gasteiger partial charge in [0, 0.05) is 32.8 Å². The molecule has 0 amide bonds. The first-order valence-electron chi connectivity index (χ1n) is 19.2. The quantitative estimate of drug-likeness (QED) is 0.0424. The van der Waals surface area contributed by atoms with Crippen LogP contribution in [0.2, 0.25) is 0 Å². The molecule has 0 aliphatic heterocycles. The Bertz CT molecular complexity index is 2030. The molecule has 0 saturated carbocycles. The topological polar surface area (TPSA) is 116 Å². The van der Waals surface area contributed by atoms with E-state index in [1.165, 1.54) is 25.6 Å². The highest BCUT2D eigenvalue weighted by atomic mass is 32.2. The second-order valence-electron chi connectivity index (χ2n) is 15.9. The van der Waals surface area contributed by atoms with Crippen LogP contribution in [0, 0.1) is 31.6 Å². The molecule has 0 fully saturated rings. The fourth-order valence-corrected chi connectivity index (χ4v) is 7.50. The molecule has 57 heavy (non-hydrogen) atoms. The van der Waals surface area contributed by atoms with E-state index in [-0.39, 0.29) is 41.2 Å². The number of ether oxygens (including phenoxy) is 3. The minimum absolute atomic E-state index is 0.0430. The summed E-state index contributed by atoms with van der Waals surface area (Å²) in [7, 11) is 0. The van der Waals surface area contributed by atoms with Crippen LogP contribution < -0.4 is 9.47 Å². The lowest BCUT2D eigenvalue weighted by Gasteiger charge is -2.25. The Morgan fingerprint density at radius 2 is 1.25 bits per heavy atom. The zero-order valence-electron chi connectivity index (χ0n) is 34.9. The van der Waals surface area contributed by atoms with Gasteiger partial charge in [-0.3, -0.25) is 9.59 Å². The van der Waals surface area contributed by atoms with Crippen molar-refractivity contribution in [3.05, 3.63) is 118 Å². The molecule has 4 aromatic carbocycles. The summed E-state index contributed by atoms with van der Waals surface area (Å²) in [6.45, 7) is 18.1. The number of benzene rings is 4. The molecule has 10 heteroatoms. The average molecular weight is 813 g/mol. The number of Topliss-reactive ketones (excluding diaryl/α,β-unsaturated/α-hetero) is 2. The van der Waals surface area contributed by atoms with E-state index >= 15 is 0 Å². The fourth-order valence-electron chi connectivity index (χ4n) is 6.46. The Morgan fingerprint density at radius 1 is 0.702 bits per heavy atom. The average Bonchev–Trinajstić information content (AvgIpc) is 3.18. The van der Waals surface area contributed by atoms with Gasteiger partial charge in [-0.1, -0.05) is 88.0 Å². The number of carbonyl (C=O) groups is 4. The lowest BCUT2D eigenvalue weighted by Crippen LogP contribution is -2.39. The van der Waals surface area contributed by atoms with Crippen molar-refractivity contribution in [2.45, 2.75) is 103 Å². The van der Waals surface area contributed by atoms with Gasteiger partial charge in [0.1, 0.15) is 17.4 Å². The maximum Gasteiger partial charge on any atom is 0.350 e. The van der Waals surface area contributed by atoms with Gasteiger partial charge >= 0.3 is 11.9 Å². The third-order valence-electron chi connectivity index (χ3n) is 10.6. The van der Waals surface area contributed by atoms with Crippen molar-refractivity contribution < 1.29 is 38.5 Å². The third-order valence-corrected chi connectivity index (χ3v) is 12.1. The van der Waals surface area contributed by atoms with Gasteiger partial charge in [-0.15, -0.1) is 11.8 Å². The SMILES string of the molecule is CSc1ccc(C(=O)C(C)C(C)c2cccc(OC(C)(C)C(=O)OCSc3ccc(C(=O)C(C)C(C)Cc4cc(C)c(OC(C)(C)C(=O)O)c(C)c4)cc3)c2)cc1. The van der Waals surface area contributed by atoms with E-state index in [9.17, 15) is 24.3 Å². The molecule has 0 bridgehead atoms. The van der Waals surface area contributed by atoms with Crippen LogP contribution in [0.3, 0.4) is 0 Å². The van der Waals surface area contributed by atoms with Crippen LogP contribution in [0.4, 0.5) is 0 Å². The predicted molar refractivity (Wildman–Crippen MR) is 229 cm³/mol. The Balaban J connectivity index is 1.28. The molecule has 4 aromatic rings. The van der Waals surface area contributed by atoms with E-state index in [4.69, 9.17) is 14.2 Å². The van der Waals surface area contributed by atoms with Crippen LogP contribution >= 0.6 is 23.5 Å². The molecule has 0 aromatic heterocycles. The van der Waals surface area contributed by atoms with Gasteiger partial charge in [0.25, 0.3) is 0 Å². The van der Waals surface area contributed by atoms with Crippen LogP contribution in [0.25, 0.3) is 0 Å². The Hall–Kier alpha value is -4.54. The molecule has 4 atom stereocenters. The number of esters is 1. The van der Waals surface area contributed by atoms with Crippen molar-refractivity contribution in [2.75, 3.05) is 12.2 Å². The molecule has 0 aliphatic carbocycles. The van der Waals surface area contributed by atoms with Crippen molar-refractivity contribution in [2.24, 2.45) is 17.8 Å². The summed E-state index contributed by atoms with van der Waals surface area (Å²) < 4.78 is 17.6. The summed E-state index contributed by atoms with van der Waals surface area (Å²) in [4.78, 5) is 53.4. The van der Waals surface area contributed by atoms with Gasteiger partial charge in [0.15, 0.2) is 22.8 Å². The number of hydrogen-bond donors (Lipinski definition) is 1. The largest absolute Gasteiger partial charge is 0.478 e. The highest BCUT2D eigenvalue weighted by Gasteiger charge is 2.33. The number of carboxylic acids is 1. The highest BCUT2D eigenvalue weighted by molar-refractivity contribution is 7.99. The molecule has 1 N–H and O–H groups in total. The summed E-state index contributed by atoms with van der Waals surface area (Å²) in [5.74, 6) is -0.836. The van der Waals surface area contributed by atoms with Gasteiger partial charge in [-0.05, 0) is 125 Å². The van der Waals surface area contributed by atoms with E-state index in [1.54, 1.807) is 43.8 Å². The first-order chi connectivity index (χ1) is 26.7. The van der Waals surface area contributed by atoms with E-state index < -0.39 is 23.1 Å². The number of carboxylic acid groups (broad SMARTS) is 1. The molecule has 4 unspecified atom stereocenters. The first-order valence-corrected chi connectivity index (χ1v) is 21.4. The van der Waals surface area contributed by atoms with Gasteiger partial charge in [-0.2, -0.15) is 0 Å². The first kappa shape index (κ1) is 45.2. The van der Waals surface area contributed by atoms with Crippen molar-refractivity contribution >= 4 is 47.0 Å². The van der Waals surface area contributed by atoms with E-state index in [0.717, 1.165) is 32.0 Å². The predicted octanol–water partition coefficient (Wildman–Crippen LogP) is 11.0. The summed E-state index contributed by atoms with van der Waals surface area (Å²) in [5, 5.41) is 9.49. The van der Waals surface area contributed by atoms with E-state index in [0.29, 0.717) is 29.0 Å². The molecule has 0 radical (unpaired) electrons. The second kappa shape index (κ2) is 19.3. The molecule has 0 spiro atoms. The van der Waals surface area contributed by atoms with Gasteiger partial charge in [0.2, 0.25) is 0 Å². The fraction of sp³-hybridized carbons (Fsp3) is 0.404. The summed E-state index contributed by atoms with van der Waals surface area (Å²) >= 11 is 2.98. The standard InChI is InChI=1S/C47H56O8S2/c1-28(23-34-24-29(2)43(30(3)25-34)55-46(7,8)44(50)51)31(4)41(48)35-17-21-40(22-18-35)57-27-53-45(52)47(9,10)54-38-14-12-13-37(26-38)32(5)33(6)42(49)36-15-19-39(56-11)20-16-36/h12-22,24-26,28,31-33H,23,27H2,1-11H3,(H,50,51). The summed E-state index contributed by atoms with van der Waals surface area (Å²) in [6, 6.07) is 26.5. The molecule has 0 aliphatic rings. The molecule has 4 rings (SSSR count). The summed E-state index contributed by atoms with van der Waals surface area (Å²) in [5.41, 5.74) is 2.37. The minimum atomic E-state index is -1.35. The number of aliphatic carboxylic acids is 1. The van der Waals surface area contributed by atoms with Gasteiger partial charge in [0.05, 0.1) is 0 Å². The second-order valence-corrected chi connectivity index (χ2v) is 17.8. The lowest BCUT2D eigenvalue weighted by atomic mass is 9.84. The van der Waals surface area contributed by atoms with E-state index in [1.807, 2.05) is 108 Å². The highest BCUT2D eigenvalue weighted by Crippen LogP contribution is 2.33. The number of carbonyl (C=O) groups excluding carboxylic acids is 3. The van der Waals surface area contributed by atoms with Crippen molar-refractivity contribution in [3.8, 4) is 11.5 Å². The Kier molecular flexibility index (Phi) is 15.3. The van der Waals surface area contributed by atoms with Crippen molar-refractivity contribution in [1.82, 2.24) is 0 Å². The minimum Gasteiger partial charge on any atom is -0.478 e. The third kappa shape index (κ3) is 11.8. The van der Waals surface area contributed by atoms with Crippen LogP contribution in [-0.2, 0) is 20.7 Å². The van der Waals surface area contributed by atoms with Crippen LogP contribution in [0.15, 0.2) is 94.7 Å². The number of hydrogen-bond acceptors (Lipinski definition) is 9. The van der Waals surface area contributed by atoms with Gasteiger partial charge < -0.3 is 19.3 Å². The maximum absolute atomic E-state index is 13.5. The molecular weight excluding hydrogens is 757 g/mol. The zero-order chi connectivity index (χ0) is 42.2. The molecule has 304 valence electrons. The van der Waals surface area contributed by atoms with Crippen molar-refractivity contribution in [1.29, 1.82) is 0 Å². The van der Waals surface area contributed by atoms with Crippen LogP contribution in [-0.4, -0.2) is 52.0 Å². The smallest absolute Gasteiger partial charge is 0.350 e. The number of rotatable bonds is 19. The number of aryl methyl sites for hydroxylation is 2. The Labute approximate surface area is 346 Å². The Morgan fingerprint density at radius 3 is 1.79 bits per heavy atom. The number of ketones is 2. The summed E-state index contributed by atoms with van der Waals surface area (Å²) in [6.07, 6.45) is 2.68. The lowest BCUT2D eigenvalue weighted by molar-refractivity contribution is -0.157. The zero-order valence-corrected chi connectivity index (χ0v) is 36.6. The monoisotopic (exact) mass is 812 g/mol. The maximum atomic E-state index is 13.5. The number of thioether (sulfide) groups is 2. The normalized spacial score (nSPS) is 13.9. The van der Waals surface area contributed by atoms with Crippen LogP contribution in [0.5, 0.6) is 11.5 Å². The van der Waals surface area contributed by atoms with Crippen LogP contribution in [0.1, 0.15) is 104 Å².